The van der Waals surface area contributed by atoms with Crippen molar-refractivity contribution in [3.63, 3.8) is 0 Å². The van der Waals surface area contributed by atoms with E-state index in [1.54, 1.807) is 4.90 Å². The Hall–Kier alpha value is -1.47. The Balaban J connectivity index is 2.24. The maximum atomic E-state index is 11.8. The van der Waals surface area contributed by atoms with Crippen LogP contribution in [0.1, 0.15) is 19.8 Å². The number of alkyl carbamates (subject to hydrolysis) is 1. The Morgan fingerprint density at radius 1 is 1.33 bits per heavy atom. The maximum Gasteiger partial charge on any atom is 0.422 e. The Morgan fingerprint density at radius 2 is 1.89 bits per heavy atom. The van der Waals surface area contributed by atoms with Gasteiger partial charge in [0, 0.05) is 26.1 Å². The van der Waals surface area contributed by atoms with Crippen molar-refractivity contribution in [2.24, 2.45) is 0 Å². The van der Waals surface area contributed by atoms with Gasteiger partial charge in [-0.05, 0) is 12.8 Å². The van der Waals surface area contributed by atoms with Gasteiger partial charge >= 0.3 is 12.3 Å². The van der Waals surface area contributed by atoms with Crippen LogP contribution in [0.15, 0.2) is 0 Å². The van der Waals surface area contributed by atoms with Crippen LogP contribution in [0.3, 0.4) is 0 Å². The second-order valence-electron chi connectivity index (χ2n) is 4.12. The van der Waals surface area contributed by atoms with E-state index in [1.807, 2.05) is 0 Å². The molecule has 0 bridgehead atoms. The number of alkyl halides is 3. The van der Waals surface area contributed by atoms with Crippen molar-refractivity contribution in [3.8, 4) is 0 Å². The van der Waals surface area contributed by atoms with Crippen LogP contribution >= 0.6 is 0 Å². The van der Waals surface area contributed by atoms with Crippen molar-refractivity contribution in [3.05, 3.63) is 0 Å². The Kier molecular flexibility index (Phi) is 4.80. The van der Waals surface area contributed by atoms with E-state index in [0.717, 1.165) is 0 Å². The number of hydrogen-bond acceptors (Lipinski definition) is 3. The summed E-state index contributed by atoms with van der Waals surface area (Å²) in [6, 6.07) is -0.249. The number of hydrogen-bond donors (Lipinski definition) is 1. The normalized spacial score (nSPS) is 17.4. The Bertz CT molecular complexity index is 312. The van der Waals surface area contributed by atoms with Crippen LogP contribution in [0.5, 0.6) is 0 Å². The molecule has 0 atom stereocenters. The predicted molar refractivity (Wildman–Crippen MR) is 55.8 cm³/mol. The minimum atomic E-state index is -4.52. The zero-order valence-electron chi connectivity index (χ0n) is 9.92. The van der Waals surface area contributed by atoms with Gasteiger partial charge in [-0.3, -0.25) is 4.79 Å². The summed E-state index contributed by atoms with van der Waals surface area (Å²) in [6.07, 6.45) is -4.56. The molecule has 18 heavy (non-hydrogen) atoms. The van der Waals surface area contributed by atoms with Gasteiger partial charge in [-0.25, -0.2) is 4.79 Å². The number of piperidine rings is 1. The first-order valence-electron chi connectivity index (χ1n) is 5.53. The summed E-state index contributed by atoms with van der Waals surface area (Å²) in [5.74, 6) is -0.0481. The summed E-state index contributed by atoms with van der Waals surface area (Å²) >= 11 is 0. The van der Waals surface area contributed by atoms with Crippen LogP contribution in [0.4, 0.5) is 18.0 Å². The summed E-state index contributed by atoms with van der Waals surface area (Å²) in [5.41, 5.74) is 0. The van der Waals surface area contributed by atoms with E-state index >= 15 is 0 Å². The molecular formula is C10H15F3N2O3. The highest BCUT2D eigenvalue weighted by molar-refractivity contribution is 5.73. The first kappa shape index (κ1) is 14.6. The number of amides is 2. The van der Waals surface area contributed by atoms with E-state index in [0.29, 0.717) is 25.9 Å². The molecular weight excluding hydrogens is 253 g/mol. The van der Waals surface area contributed by atoms with Gasteiger partial charge in [0.2, 0.25) is 5.91 Å². The molecule has 8 heteroatoms. The van der Waals surface area contributed by atoms with Crippen LogP contribution in [0.25, 0.3) is 0 Å². The lowest BCUT2D eigenvalue weighted by molar-refractivity contribution is -0.160. The van der Waals surface area contributed by atoms with Gasteiger partial charge in [-0.15, -0.1) is 0 Å². The van der Waals surface area contributed by atoms with Gasteiger partial charge in [0.1, 0.15) is 0 Å². The number of likely N-dealkylation sites (tertiary alicyclic amines) is 1. The van der Waals surface area contributed by atoms with E-state index in [9.17, 15) is 22.8 Å². The summed E-state index contributed by atoms with van der Waals surface area (Å²) in [4.78, 5) is 23.7. The predicted octanol–water partition coefficient (Wildman–Crippen LogP) is 1.29. The molecule has 0 aromatic rings. The van der Waals surface area contributed by atoms with Gasteiger partial charge in [-0.2, -0.15) is 13.2 Å². The van der Waals surface area contributed by atoms with Crippen LogP contribution in [-0.2, 0) is 9.53 Å². The SMILES string of the molecule is CC(=O)N1CCC(NC(=O)OCC(F)(F)F)CC1. The van der Waals surface area contributed by atoms with Crippen LogP contribution in [0, 0.1) is 0 Å². The first-order valence-corrected chi connectivity index (χ1v) is 5.53. The van der Waals surface area contributed by atoms with Crippen molar-refractivity contribution in [1.82, 2.24) is 10.2 Å². The largest absolute Gasteiger partial charge is 0.440 e. The van der Waals surface area contributed by atoms with E-state index in [4.69, 9.17) is 0 Å². The third kappa shape index (κ3) is 5.24. The van der Waals surface area contributed by atoms with Crippen LogP contribution in [0.2, 0.25) is 0 Å². The van der Waals surface area contributed by atoms with Crippen molar-refractivity contribution < 1.29 is 27.5 Å². The van der Waals surface area contributed by atoms with Gasteiger partial charge < -0.3 is 15.0 Å². The second-order valence-corrected chi connectivity index (χ2v) is 4.12. The van der Waals surface area contributed by atoms with Gasteiger partial charge in [0.15, 0.2) is 6.61 Å². The lowest BCUT2D eigenvalue weighted by atomic mass is 10.1. The molecule has 0 radical (unpaired) electrons. The first-order chi connectivity index (χ1) is 8.28. The van der Waals surface area contributed by atoms with Crippen molar-refractivity contribution in [1.29, 1.82) is 0 Å². The number of nitrogens with zero attached hydrogens (tertiary/aromatic N) is 1. The highest BCUT2D eigenvalue weighted by atomic mass is 19.4. The zero-order chi connectivity index (χ0) is 13.8. The molecule has 1 N–H and O–H groups in total. The van der Waals surface area contributed by atoms with Gasteiger partial charge in [0.25, 0.3) is 0 Å². The minimum absolute atomic E-state index is 0.0481. The number of nitrogens with one attached hydrogen (secondary N) is 1. The Morgan fingerprint density at radius 3 is 2.33 bits per heavy atom. The van der Waals surface area contributed by atoms with Crippen molar-refractivity contribution in [2.75, 3.05) is 19.7 Å². The number of rotatable bonds is 2. The highest BCUT2D eigenvalue weighted by Crippen LogP contribution is 2.15. The highest BCUT2D eigenvalue weighted by Gasteiger charge is 2.30. The van der Waals surface area contributed by atoms with Gasteiger partial charge in [0.05, 0.1) is 0 Å². The number of ether oxygens (including phenoxy) is 1. The third-order valence-corrected chi connectivity index (χ3v) is 2.63. The van der Waals surface area contributed by atoms with Crippen LogP contribution < -0.4 is 5.32 Å². The molecule has 0 spiro atoms. The monoisotopic (exact) mass is 268 g/mol. The standard InChI is InChI=1S/C10H15F3N2O3/c1-7(16)15-4-2-8(3-5-15)14-9(17)18-6-10(11,12)13/h8H,2-6H2,1H3,(H,14,17). The van der Waals surface area contributed by atoms with Crippen molar-refractivity contribution >= 4 is 12.0 Å². The van der Waals surface area contributed by atoms with Crippen molar-refractivity contribution in [2.45, 2.75) is 32.0 Å². The second kappa shape index (κ2) is 5.92. The summed E-state index contributed by atoms with van der Waals surface area (Å²) in [5, 5.41) is 2.35. The fraction of sp³-hybridized carbons (Fsp3) is 0.800. The van der Waals surface area contributed by atoms with E-state index in [2.05, 4.69) is 10.1 Å². The fourth-order valence-corrected chi connectivity index (χ4v) is 1.69. The number of carbonyl (C=O) groups is 2. The molecule has 0 aromatic carbocycles. The van der Waals surface area contributed by atoms with E-state index < -0.39 is 18.9 Å². The molecule has 104 valence electrons. The molecule has 1 aliphatic rings. The molecule has 0 aromatic heterocycles. The molecule has 1 rings (SSSR count). The summed E-state index contributed by atoms with van der Waals surface area (Å²) in [7, 11) is 0. The lowest BCUT2D eigenvalue weighted by Crippen LogP contribution is -2.46. The molecule has 1 fully saturated rings. The average Bonchev–Trinajstić information content (AvgIpc) is 2.26. The quantitative estimate of drug-likeness (QED) is 0.821. The molecule has 0 aliphatic carbocycles. The summed E-state index contributed by atoms with van der Waals surface area (Å²) < 4.78 is 39.4. The molecule has 2 amide bonds. The van der Waals surface area contributed by atoms with Crippen LogP contribution in [-0.4, -0.2) is 48.8 Å². The third-order valence-electron chi connectivity index (χ3n) is 2.63. The average molecular weight is 268 g/mol. The molecule has 1 saturated heterocycles. The number of halogens is 3. The molecule has 1 aliphatic heterocycles. The fourth-order valence-electron chi connectivity index (χ4n) is 1.69. The minimum Gasteiger partial charge on any atom is -0.440 e. The topological polar surface area (TPSA) is 58.6 Å². The lowest BCUT2D eigenvalue weighted by Gasteiger charge is -2.31. The molecule has 1 heterocycles. The van der Waals surface area contributed by atoms with Gasteiger partial charge in [-0.1, -0.05) is 0 Å². The smallest absolute Gasteiger partial charge is 0.422 e. The Labute approximate surface area is 102 Å². The number of carbonyl (C=O) groups excluding carboxylic acids is 2. The molecule has 0 unspecified atom stereocenters. The van der Waals surface area contributed by atoms with E-state index in [-0.39, 0.29) is 11.9 Å². The summed E-state index contributed by atoms with van der Waals surface area (Å²) in [6.45, 7) is 0.829. The molecule has 5 nitrogen and oxygen atoms in total. The maximum absolute atomic E-state index is 11.8. The van der Waals surface area contributed by atoms with E-state index in [1.165, 1.54) is 6.92 Å². The molecule has 0 saturated carbocycles. The zero-order valence-corrected chi connectivity index (χ0v) is 9.92.